The molecule has 0 amide bonds. The predicted octanol–water partition coefficient (Wildman–Crippen LogP) is 2.73. The van der Waals surface area contributed by atoms with E-state index in [1.807, 2.05) is 14.0 Å². The second kappa shape index (κ2) is 6.18. The van der Waals surface area contributed by atoms with E-state index in [2.05, 4.69) is 27.8 Å². The van der Waals surface area contributed by atoms with Crippen molar-refractivity contribution in [1.82, 2.24) is 15.5 Å². The zero-order chi connectivity index (χ0) is 13.0. The van der Waals surface area contributed by atoms with Crippen LogP contribution in [0.25, 0.3) is 0 Å². The molecule has 1 aliphatic rings. The zero-order valence-corrected chi connectivity index (χ0v) is 11.6. The molecule has 0 radical (unpaired) electrons. The molecule has 1 heterocycles. The first-order valence-electron chi connectivity index (χ1n) is 6.98. The minimum Gasteiger partial charge on any atom is -0.406 e. The molecule has 1 aliphatic carbocycles. The van der Waals surface area contributed by atoms with Crippen LogP contribution in [0.1, 0.15) is 57.9 Å². The van der Waals surface area contributed by atoms with E-state index in [0.717, 1.165) is 5.92 Å². The van der Waals surface area contributed by atoms with Crippen molar-refractivity contribution >= 4 is 6.01 Å². The molecule has 18 heavy (non-hydrogen) atoms. The third-order valence-electron chi connectivity index (χ3n) is 3.95. The minimum atomic E-state index is 0.0954. The number of nitrogens with zero attached hydrogens (tertiary/aromatic N) is 2. The van der Waals surface area contributed by atoms with E-state index >= 15 is 0 Å². The van der Waals surface area contributed by atoms with Crippen molar-refractivity contribution in [3.63, 3.8) is 0 Å². The van der Waals surface area contributed by atoms with Crippen molar-refractivity contribution in [3.8, 4) is 0 Å². The van der Waals surface area contributed by atoms with Gasteiger partial charge in [-0.15, -0.1) is 5.10 Å². The highest BCUT2D eigenvalue weighted by Gasteiger charge is 2.21. The Kier molecular flexibility index (Phi) is 4.58. The Morgan fingerprint density at radius 2 is 1.89 bits per heavy atom. The maximum atomic E-state index is 5.60. The molecule has 5 nitrogen and oxygen atoms in total. The number of hydrogen-bond acceptors (Lipinski definition) is 5. The monoisotopic (exact) mass is 252 g/mol. The summed E-state index contributed by atoms with van der Waals surface area (Å²) in [5.74, 6) is 1.37. The van der Waals surface area contributed by atoms with E-state index < -0.39 is 0 Å². The molecule has 2 N–H and O–H groups in total. The second-order valence-electron chi connectivity index (χ2n) is 5.29. The number of nitrogens with one attached hydrogen (secondary N) is 2. The van der Waals surface area contributed by atoms with Gasteiger partial charge in [-0.25, -0.2) is 0 Å². The molecule has 0 aromatic carbocycles. The van der Waals surface area contributed by atoms with Crippen LogP contribution in [0.2, 0.25) is 0 Å². The van der Waals surface area contributed by atoms with E-state index in [9.17, 15) is 0 Å². The molecule has 0 bridgehead atoms. The first-order chi connectivity index (χ1) is 8.70. The Bertz CT molecular complexity index is 360. The summed E-state index contributed by atoms with van der Waals surface area (Å²) in [6.45, 7) is 4.21. The highest BCUT2D eigenvalue weighted by molar-refractivity contribution is 5.20. The van der Waals surface area contributed by atoms with Crippen LogP contribution in [-0.4, -0.2) is 23.3 Å². The smallest absolute Gasteiger partial charge is 0.315 e. The Labute approximate surface area is 109 Å². The Morgan fingerprint density at radius 3 is 2.56 bits per heavy atom. The van der Waals surface area contributed by atoms with Crippen LogP contribution in [0.3, 0.4) is 0 Å². The van der Waals surface area contributed by atoms with Gasteiger partial charge in [0.1, 0.15) is 0 Å². The number of hydrogen-bond donors (Lipinski definition) is 2. The predicted molar refractivity (Wildman–Crippen MR) is 71.4 cm³/mol. The highest BCUT2D eigenvalue weighted by atomic mass is 16.4. The van der Waals surface area contributed by atoms with Crippen LogP contribution in [0.5, 0.6) is 0 Å². The standard InChI is InChI=1S/C13H24N4O/c1-9(11-7-5-4-6-8-11)15-13-17-16-12(18-13)10(2)14-3/h9-11,14H,4-8H2,1-3H3,(H,15,17). The summed E-state index contributed by atoms with van der Waals surface area (Å²) in [7, 11) is 1.88. The molecule has 2 rings (SSSR count). The quantitative estimate of drug-likeness (QED) is 0.843. The molecule has 0 aliphatic heterocycles. The first kappa shape index (κ1) is 13.3. The molecule has 0 saturated heterocycles. The molecule has 1 saturated carbocycles. The van der Waals surface area contributed by atoms with Gasteiger partial charge in [-0.05, 0) is 39.7 Å². The summed E-state index contributed by atoms with van der Waals surface area (Å²) < 4.78 is 5.60. The fourth-order valence-electron chi connectivity index (χ4n) is 2.54. The fourth-order valence-corrected chi connectivity index (χ4v) is 2.54. The van der Waals surface area contributed by atoms with Gasteiger partial charge in [-0.2, -0.15) is 0 Å². The largest absolute Gasteiger partial charge is 0.406 e. The van der Waals surface area contributed by atoms with Crippen molar-refractivity contribution in [2.24, 2.45) is 5.92 Å². The Morgan fingerprint density at radius 1 is 1.17 bits per heavy atom. The molecule has 2 atom stereocenters. The lowest BCUT2D eigenvalue weighted by Gasteiger charge is -2.27. The number of aromatic nitrogens is 2. The van der Waals surface area contributed by atoms with E-state index in [4.69, 9.17) is 4.42 Å². The van der Waals surface area contributed by atoms with Gasteiger partial charge in [0.25, 0.3) is 0 Å². The average Bonchev–Trinajstić information content (AvgIpc) is 2.87. The lowest BCUT2D eigenvalue weighted by molar-refractivity contribution is 0.323. The summed E-state index contributed by atoms with van der Waals surface area (Å²) >= 11 is 0. The third-order valence-corrected chi connectivity index (χ3v) is 3.95. The van der Waals surface area contributed by atoms with Crippen molar-refractivity contribution < 1.29 is 4.42 Å². The molecule has 1 aromatic rings. The normalized spacial score (nSPS) is 20.6. The molecule has 5 heteroatoms. The zero-order valence-electron chi connectivity index (χ0n) is 11.6. The van der Waals surface area contributed by atoms with Gasteiger partial charge in [0.05, 0.1) is 6.04 Å². The maximum absolute atomic E-state index is 5.60. The van der Waals surface area contributed by atoms with Crippen LogP contribution < -0.4 is 10.6 Å². The number of rotatable bonds is 5. The molecule has 0 spiro atoms. The minimum absolute atomic E-state index is 0.0954. The maximum Gasteiger partial charge on any atom is 0.315 e. The van der Waals surface area contributed by atoms with E-state index in [1.54, 1.807) is 0 Å². The summed E-state index contributed by atoms with van der Waals surface area (Å²) in [5.41, 5.74) is 0. The fraction of sp³-hybridized carbons (Fsp3) is 0.846. The van der Waals surface area contributed by atoms with E-state index in [1.165, 1.54) is 32.1 Å². The topological polar surface area (TPSA) is 63.0 Å². The molecular formula is C13H24N4O. The van der Waals surface area contributed by atoms with Crippen molar-refractivity contribution in [2.75, 3.05) is 12.4 Å². The summed E-state index contributed by atoms with van der Waals surface area (Å²) in [6.07, 6.45) is 6.70. The molecule has 2 unspecified atom stereocenters. The van der Waals surface area contributed by atoms with Gasteiger partial charge in [0.2, 0.25) is 5.89 Å². The molecule has 1 fully saturated rings. The third kappa shape index (κ3) is 3.22. The van der Waals surface area contributed by atoms with Gasteiger partial charge in [0, 0.05) is 6.04 Å². The lowest BCUT2D eigenvalue weighted by Crippen LogP contribution is -2.27. The summed E-state index contributed by atoms with van der Waals surface area (Å²) in [6, 6.07) is 1.05. The molecular weight excluding hydrogens is 228 g/mol. The van der Waals surface area contributed by atoms with E-state index in [0.29, 0.717) is 17.9 Å². The first-order valence-corrected chi connectivity index (χ1v) is 6.98. The van der Waals surface area contributed by atoms with Crippen molar-refractivity contribution in [1.29, 1.82) is 0 Å². The van der Waals surface area contributed by atoms with Crippen LogP contribution in [0.4, 0.5) is 6.01 Å². The van der Waals surface area contributed by atoms with Gasteiger partial charge in [-0.1, -0.05) is 24.4 Å². The Hall–Kier alpha value is -1.10. The molecule has 102 valence electrons. The van der Waals surface area contributed by atoms with Crippen LogP contribution in [-0.2, 0) is 0 Å². The molecule has 1 aromatic heterocycles. The average molecular weight is 252 g/mol. The summed E-state index contributed by atoms with van der Waals surface area (Å²) in [4.78, 5) is 0. The lowest BCUT2D eigenvalue weighted by atomic mass is 9.85. The number of anilines is 1. The van der Waals surface area contributed by atoms with Crippen LogP contribution in [0, 0.1) is 5.92 Å². The van der Waals surface area contributed by atoms with Gasteiger partial charge in [-0.3, -0.25) is 0 Å². The van der Waals surface area contributed by atoms with Gasteiger partial charge in [0.15, 0.2) is 0 Å². The highest BCUT2D eigenvalue weighted by Crippen LogP contribution is 2.28. The SMILES string of the molecule is CNC(C)c1nnc(NC(C)C2CCCCC2)o1. The van der Waals surface area contributed by atoms with Gasteiger partial charge < -0.3 is 15.1 Å². The van der Waals surface area contributed by atoms with Gasteiger partial charge >= 0.3 is 6.01 Å². The van der Waals surface area contributed by atoms with E-state index in [-0.39, 0.29) is 6.04 Å². The summed E-state index contributed by atoms with van der Waals surface area (Å²) in [5, 5.41) is 14.5. The van der Waals surface area contributed by atoms with Crippen LogP contribution >= 0.6 is 0 Å². The van der Waals surface area contributed by atoms with Crippen LogP contribution in [0.15, 0.2) is 4.42 Å². The van der Waals surface area contributed by atoms with Crippen molar-refractivity contribution in [2.45, 2.75) is 58.0 Å². The Balaban J connectivity index is 1.90. The van der Waals surface area contributed by atoms with Crippen molar-refractivity contribution in [3.05, 3.63) is 5.89 Å². The second-order valence-corrected chi connectivity index (χ2v) is 5.29.